The van der Waals surface area contributed by atoms with E-state index in [0.29, 0.717) is 26.3 Å². The molecule has 1 aromatic rings. The van der Waals surface area contributed by atoms with E-state index in [1.54, 1.807) is 0 Å². The van der Waals surface area contributed by atoms with Crippen LogP contribution in [0.2, 0.25) is 0 Å². The summed E-state index contributed by atoms with van der Waals surface area (Å²) in [7, 11) is 0. The number of carbonyl (C=O) groups excluding carboxylic acids is 1. The first kappa shape index (κ1) is 15.1. The van der Waals surface area contributed by atoms with Gasteiger partial charge in [-0.15, -0.1) is 0 Å². The minimum absolute atomic E-state index is 0.0283. The predicted molar refractivity (Wildman–Crippen MR) is 84.9 cm³/mol. The first-order valence-electron chi connectivity index (χ1n) is 8.06. The number of rotatable bonds is 3. The third-order valence-corrected chi connectivity index (χ3v) is 4.31. The Morgan fingerprint density at radius 2 is 2.18 bits per heavy atom. The van der Waals surface area contributed by atoms with Gasteiger partial charge in [-0.1, -0.05) is 6.07 Å². The van der Waals surface area contributed by atoms with E-state index < -0.39 is 0 Å². The molecule has 2 aliphatic heterocycles. The second kappa shape index (κ2) is 6.96. The summed E-state index contributed by atoms with van der Waals surface area (Å²) >= 11 is 0. The standard InChI is InChI=1S/C16H24N4O2/c1-13-12-22-9-8-20(13)16(21)18-11-14-4-5-15(17-10-14)19-6-2-3-7-19/h4-5,10,13H,2-3,6-9,11-12H2,1H3,(H,18,21)/t13-/m0/s1. The molecule has 0 saturated carbocycles. The molecule has 0 radical (unpaired) electrons. The maximum atomic E-state index is 12.2. The zero-order valence-electron chi connectivity index (χ0n) is 13.1. The Hall–Kier alpha value is -1.82. The van der Waals surface area contributed by atoms with Crippen molar-refractivity contribution in [2.45, 2.75) is 32.4 Å². The van der Waals surface area contributed by atoms with E-state index >= 15 is 0 Å². The fraction of sp³-hybridized carbons (Fsp3) is 0.625. The van der Waals surface area contributed by atoms with Gasteiger partial charge in [0.25, 0.3) is 0 Å². The number of urea groups is 1. The smallest absolute Gasteiger partial charge is 0.318 e. The molecule has 1 N–H and O–H groups in total. The second-order valence-corrected chi connectivity index (χ2v) is 5.99. The van der Waals surface area contributed by atoms with Crippen LogP contribution in [0.3, 0.4) is 0 Å². The lowest BCUT2D eigenvalue weighted by Gasteiger charge is -2.33. The highest BCUT2D eigenvalue weighted by Crippen LogP contribution is 2.17. The van der Waals surface area contributed by atoms with Crippen LogP contribution in [0.4, 0.5) is 10.6 Å². The molecule has 0 aliphatic carbocycles. The molecule has 120 valence electrons. The summed E-state index contributed by atoms with van der Waals surface area (Å²) in [4.78, 5) is 20.8. The average Bonchev–Trinajstić information content (AvgIpc) is 3.08. The molecule has 1 atom stereocenters. The van der Waals surface area contributed by atoms with E-state index in [1.165, 1.54) is 12.8 Å². The van der Waals surface area contributed by atoms with Crippen LogP contribution in [-0.4, -0.2) is 54.8 Å². The minimum Gasteiger partial charge on any atom is -0.377 e. The number of anilines is 1. The molecule has 0 unspecified atom stereocenters. The maximum absolute atomic E-state index is 12.2. The molecule has 0 spiro atoms. The van der Waals surface area contributed by atoms with Gasteiger partial charge in [0.1, 0.15) is 5.82 Å². The Kier molecular flexibility index (Phi) is 4.77. The van der Waals surface area contributed by atoms with E-state index in [1.807, 2.05) is 30.2 Å². The van der Waals surface area contributed by atoms with Gasteiger partial charge in [-0.25, -0.2) is 9.78 Å². The number of hydrogen-bond donors (Lipinski definition) is 1. The summed E-state index contributed by atoms with van der Waals surface area (Å²) in [6, 6.07) is 4.19. The Morgan fingerprint density at radius 3 is 2.86 bits per heavy atom. The molecule has 2 aliphatic rings. The van der Waals surface area contributed by atoms with Crippen molar-refractivity contribution in [2.75, 3.05) is 37.7 Å². The van der Waals surface area contributed by atoms with Crippen molar-refractivity contribution in [1.29, 1.82) is 0 Å². The second-order valence-electron chi connectivity index (χ2n) is 5.99. The number of nitrogens with zero attached hydrogens (tertiary/aromatic N) is 3. The van der Waals surface area contributed by atoms with E-state index in [0.717, 1.165) is 24.5 Å². The Morgan fingerprint density at radius 1 is 1.36 bits per heavy atom. The summed E-state index contributed by atoms with van der Waals surface area (Å²) in [5.41, 5.74) is 1.03. The van der Waals surface area contributed by atoms with E-state index in [-0.39, 0.29) is 12.1 Å². The van der Waals surface area contributed by atoms with Crippen molar-refractivity contribution in [3.8, 4) is 0 Å². The summed E-state index contributed by atoms with van der Waals surface area (Å²) in [6.45, 7) is 6.58. The zero-order valence-corrected chi connectivity index (χ0v) is 13.1. The van der Waals surface area contributed by atoms with Crippen LogP contribution in [0.5, 0.6) is 0 Å². The normalized spacial score (nSPS) is 22.0. The number of hydrogen-bond acceptors (Lipinski definition) is 4. The van der Waals surface area contributed by atoms with Crippen molar-refractivity contribution in [3.05, 3.63) is 23.9 Å². The van der Waals surface area contributed by atoms with Gasteiger partial charge in [0.15, 0.2) is 0 Å². The van der Waals surface area contributed by atoms with Crippen molar-refractivity contribution >= 4 is 11.8 Å². The zero-order chi connectivity index (χ0) is 15.4. The summed E-state index contributed by atoms with van der Waals surface area (Å²) in [6.07, 6.45) is 4.35. The molecule has 2 fully saturated rings. The topological polar surface area (TPSA) is 57.7 Å². The van der Waals surface area contributed by atoms with Crippen molar-refractivity contribution in [3.63, 3.8) is 0 Å². The van der Waals surface area contributed by atoms with Gasteiger partial charge in [0.05, 0.1) is 19.3 Å². The number of ether oxygens (including phenoxy) is 1. The van der Waals surface area contributed by atoms with E-state index in [4.69, 9.17) is 4.74 Å². The van der Waals surface area contributed by atoms with Gasteiger partial charge in [-0.2, -0.15) is 0 Å². The molecule has 1 aromatic heterocycles. The highest BCUT2D eigenvalue weighted by molar-refractivity contribution is 5.74. The molecule has 0 bridgehead atoms. The number of morpholine rings is 1. The predicted octanol–water partition coefficient (Wildman–Crippen LogP) is 1.61. The van der Waals surface area contributed by atoms with Crippen LogP contribution in [0.15, 0.2) is 18.3 Å². The number of carbonyl (C=O) groups is 1. The third kappa shape index (κ3) is 3.50. The molecule has 6 heteroatoms. The lowest BCUT2D eigenvalue weighted by Crippen LogP contribution is -2.51. The molecule has 22 heavy (non-hydrogen) atoms. The van der Waals surface area contributed by atoms with Crippen molar-refractivity contribution in [1.82, 2.24) is 15.2 Å². The summed E-state index contributed by atoms with van der Waals surface area (Å²) < 4.78 is 5.35. The first-order chi connectivity index (χ1) is 10.7. The largest absolute Gasteiger partial charge is 0.377 e. The van der Waals surface area contributed by atoms with Gasteiger partial charge >= 0.3 is 6.03 Å². The Balaban J connectivity index is 1.51. The quantitative estimate of drug-likeness (QED) is 0.922. The molecule has 2 amide bonds. The van der Waals surface area contributed by atoms with Gasteiger partial charge < -0.3 is 19.9 Å². The van der Waals surface area contributed by atoms with Gasteiger partial charge in [-0.05, 0) is 31.4 Å². The van der Waals surface area contributed by atoms with Crippen LogP contribution in [0.25, 0.3) is 0 Å². The van der Waals surface area contributed by atoms with Crippen LogP contribution in [-0.2, 0) is 11.3 Å². The van der Waals surface area contributed by atoms with Gasteiger partial charge in [-0.3, -0.25) is 0 Å². The molecular weight excluding hydrogens is 280 g/mol. The van der Waals surface area contributed by atoms with Crippen molar-refractivity contribution in [2.24, 2.45) is 0 Å². The lowest BCUT2D eigenvalue weighted by atomic mass is 10.2. The molecular formula is C16H24N4O2. The molecule has 0 aromatic carbocycles. The highest BCUT2D eigenvalue weighted by Gasteiger charge is 2.23. The van der Waals surface area contributed by atoms with Gasteiger partial charge in [0, 0.05) is 32.4 Å². The highest BCUT2D eigenvalue weighted by atomic mass is 16.5. The van der Waals surface area contributed by atoms with E-state index in [9.17, 15) is 4.79 Å². The van der Waals surface area contributed by atoms with Crippen molar-refractivity contribution < 1.29 is 9.53 Å². The van der Waals surface area contributed by atoms with Gasteiger partial charge in [0.2, 0.25) is 0 Å². The number of pyridine rings is 1. The number of aromatic nitrogens is 1. The molecule has 6 nitrogen and oxygen atoms in total. The SMILES string of the molecule is C[C@H]1COCCN1C(=O)NCc1ccc(N2CCCC2)nc1. The maximum Gasteiger partial charge on any atom is 0.318 e. The third-order valence-electron chi connectivity index (χ3n) is 4.31. The summed E-state index contributed by atoms with van der Waals surface area (Å²) in [5.74, 6) is 1.04. The molecule has 2 saturated heterocycles. The fourth-order valence-corrected chi connectivity index (χ4v) is 2.96. The van der Waals surface area contributed by atoms with Crippen LogP contribution in [0.1, 0.15) is 25.3 Å². The first-order valence-corrected chi connectivity index (χ1v) is 8.06. The van der Waals surface area contributed by atoms with E-state index in [2.05, 4.69) is 15.2 Å². The summed E-state index contributed by atoms with van der Waals surface area (Å²) in [5, 5.41) is 2.97. The monoisotopic (exact) mass is 304 g/mol. The average molecular weight is 304 g/mol. The molecule has 3 heterocycles. The number of nitrogens with one attached hydrogen (secondary N) is 1. The Bertz CT molecular complexity index is 499. The fourth-order valence-electron chi connectivity index (χ4n) is 2.96. The van der Waals surface area contributed by atoms with Crippen LogP contribution < -0.4 is 10.2 Å². The lowest BCUT2D eigenvalue weighted by molar-refractivity contribution is 0.0190. The van der Waals surface area contributed by atoms with Crippen LogP contribution >= 0.6 is 0 Å². The Labute approximate surface area is 131 Å². The number of amides is 2. The molecule has 3 rings (SSSR count). The minimum atomic E-state index is -0.0283. The van der Waals surface area contributed by atoms with Crippen LogP contribution in [0, 0.1) is 0 Å².